The zero-order chi connectivity index (χ0) is 24.9. The molecule has 0 bridgehead atoms. The quantitative estimate of drug-likeness (QED) is 0.153. The van der Waals surface area contributed by atoms with Crippen LogP contribution in [0, 0.1) is 0 Å². The van der Waals surface area contributed by atoms with Crippen LogP contribution in [0.1, 0.15) is 107 Å². The lowest BCUT2D eigenvalue weighted by atomic mass is 9.86. The summed E-state index contributed by atoms with van der Waals surface area (Å²) in [5.41, 5.74) is 4.34. The highest BCUT2D eigenvalue weighted by Gasteiger charge is 2.19. The van der Waals surface area contributed by atoms with Gasteiger partial charge in [0.2, 0.25) is 0 Å². The zero-order valence-electron chi connectivity index (χ0n) is 22.2. The van der Waals surface area contributed by atoms with Crippen LogP contribution < -0.4 is 4.74 Å². The molecule has 2 nitrogen and oxygen atoms in total. The Morgan fingerprint density at radius 1 is 0.743 bits per heavy atom. The van der Waals surface area contributed by atoms with Crippen molar-refractivity contribution in [1.82, 2.24) is 0 Å². The molecular weight excluding hydrogens is 428 g/mol. The lowest BCUT2D eigenvalue weighted by Gasteiger charge is -2.18. The van der Waals surface area contributed by atoms with E-state index in [1.165, 1.54) is 55.9 Å². The summed E-state index contributed by atoms with van der Waals surface area (Å²) >= 11 is 0. The van der Waals surface area contributed by atoms with Crippen LogP contribution >= 0.6 is 0 Å². The van der Waals surface area contributed by atoms with E-state index in [2.05, 4.69) is 69.3 Å². The van der Waals surface area contributed by atoms with Gasteiger partial charge in [-0.2, -0.15) is 0 Å². The van der Waals surface area contributed by atoms with Gasteiger partial charge in [0, 0.05) is 12.0 Å². The summed E-state index contributed by atoms with van der Waals surface area (Å²) < 4.78 is 6.13. The summed E-state index contributed by atoms with van der Waals surface area (Å²) in [6.45, 7) is 7.35. The Bertz CT molecular complexity index is 1050. The van der Waals surface area contributed by atoms with Crippen LogP contribution in [-0.4, -0.2) is 12.4 Å². The molecular formula is C33H44O2. The van der Waals surface area contributed by atoms with Crippen molar-refractivity contribution in [2.75, 3.05) is 6.61 Å². The number of benzene rings is 3. The van der Waals surface area contributed by atoms with Gasteiger partial charge < -0.3 is 4.74 Å². The monoisotopic (exact) mass is 472 g/mol. The second kappa shape index (κ2) is 14.7. The molecule has 0 aliphatic heterocycles. The molecule has 0 amide bonds. The fraction of sp³-hybridized carbons (Fsp3) is 0.485. The van der Waals surface area contributed by atoms with Gasteiger partial charge in [0.15, 0.2) is 5.78 Å². The number of carbonyl (C=O) groups is 1. The van der Waals surface area contributed by atoms with Crippen LogP contribution in [0.15, 0.2) is 54.6 Å². The highest BCUT2D eigenvalue weighted by molar-refractivity contribution is 6.08. The minimum Gasteiger partial charge on any atom is -0.494 e. The second-order valence-corrected chi connectivity index (χ2v) is 9.73. The van der Waals surface area contributed by atoms with E-state index >= 15 is 0 Å². The number of hydrogen-bond donors (Lipinski definition) is 0. The third kappa shape index (κ3) is 7.69. The Morgan fingerprint density at radius 3 is 2.11 bits per heavy atom. The molecule has 0 aromatic heterocycles. The zero-order valence-corrected chi connectivity index (χ0v) is 22.2. The van der Waals surface area contributed by atoms with Crippen LogP contribution in [0.25, 0.3) is 21.9 Å². The fourth-order valence-corrected chi connectivity index (χ4v) is 4.97. The minimum atomic E-state index is 0.243. The first kappa shape index (κ1) is 27.0. The largest absolute Gasteiger partial charge is 0.494 e. The van der Waals surface area contributed by atoms with Gasteiger partial charge in [-0.25, -0.2) is 0 Å². The second-order valence-electron chi connectivity index (χ2n) is 9.73. The average Bonchev–Trinajstić information content (AvgIpc) is 2.90. The van der Waals surface area contributed by atoms with Gasteiger partial charge in [-0.1, -0.05) is 109 Å². The highest BCUT2D eigenvalue weighted by atomic mass is 16.5. The van der Waals surface area contributed by atoms with E-state index in [-0.39, 0.29) is 5.78 Å². The fourth-order valence-electron chi connectivity index (χ4n) is 4.97. The lowest BCUT2D eigenvalue weighted by Crippen LogP contribution is -2.05. The number of hydrogen-bond acceptors (Lipinski definition) is 2. The molecule has 0 spiro atoms. The van der Waals surface area contributed by atoms with Crippen molar-refractivity contribution in [2.24, 2.45) is 0 Å². The third-order valence-electron chi connectivity index (χ3n) is 6.96. The van der Waals surface area contributed by atoms with Gasteiger partial charge in [0.1, 0.15) is 5.75 Å². The van der Waals surface area contributed by atoms with Gasteiger partial charge in [0.25, 0.3) is 0 Å². The van der Waals surface area contributed by atoms with Crippen molar-refractivity contribution in [3.8, 4) is 16.9 Å². The molecule has 0 atom stereocenters. The van der Waals surface area contributed by atoms with Crippen LogP contribution in [0.4, 0.5) is 0 Å². The molecule has 0 unspecified atom stereocenters. The molecule has 2 heteroatoms. The molecule has 3 aromatic rings. The predicted molar refractivity (Wildman–Crippen MR) is 151 cm³/mol. The SMILES string of the molecule is CCCCCCCCCCOc1ccc2c(CC)c(-c3ccccc3)c(C(=O)CCCC)cc2c1. The van der Waals surface area contributed by atoms with Gasteiger partial charge in [-0.3, -0.25) is 4.79 Å². The maximum atomic E-state index is 13.3. The summed E-state index contributed by atoms with van der Waals surface area (Å²) in [5.74, 6) is 1.15. The number of ether oxygens (including phenoxy) is 1. The molecule has 0 saturated heterocycles. The van der Waals surface area contributed by atoms with Crippen LogP contribution in [-0.2, 0) is 6.42 Å². The Balaban J connectivity index is 1.78. The third-order valence-corrected chi connectivity index (χ3v) is 6.96. The molecule has 3 aromatic carbocycles. The van der Waals surface area contributed by atoms with Crippen molar-refractivity contribution >= 4 is 16.6 Å². The van der Waals surface area contributed by atoms with Crippen molar-refractivity contribution in [3.05, 3.63) is 65.7 Å². The molecule has 0 fully saturated rings. The Hall–Kier alpha value is -2.61. The van der Waals surface area contributed by atoms with Crippen molar-refractivity contribution in [2.45, 2.75) is 97.8 Å². The molecule has 0 heterocycles. The summed E-state index contributed by atoms with van der Waals surface area (Å²) in [6.07, 6.45) is 13.8. The van der Waals surface area contributed by atoms with E-state index in [1.807, 2.05) is 6.07 Å². The summed E-state index contributed by atoms with van der Waals surface area (Å²) in [7, 11) is 0. The number of aryl methyl sites for hydroxylation is 1. The summed E-state index contributed by atoms with van der Waals surface area (Å²) in [4.78, 5) is 13.3. The summed E-state index contributed by atoms with van der Waals surface area (Å²) in [5, 5.41) is 2.33. The number of Topliss-reactive ketones (excluding diaryl/α,β-unsaturated/α-hetero) is 1. The van der Waals surface area contributed by atoms with E-state index in [0.29, 0.717) is 6.42 Å². The molecule has 3 rings (SSSR count). The first-order valence-electron chi connectivity index (χ1n) is 14.0. The molecule has 188 valence electrons. The molecule has 0 aliphatic rings. The topological polar surface area (TPSA) is 26.3 Å². The highest BCUT2D eigenvalue weighted by Crippen LogP contribution is 2.36. The van der Waals surface area contributed by atoms with Crippen LogP contribution in [0.5, 0.6) is 5.75 Å². The number of rotatable bonds is 16. The van der Waals surface area contributed by atoms with E-state index in [1.54, 1.807) is 0 Å². The van der Waals surface area contributed by atoms with Gasteiger partial charge >= 0.3 is 0 Å². The molecule has 35 heavy (non-hydrogen) atoms. The Labute approximate surface area is 213 Å². The average molecular weight is 473 g/mol. The van der Waals surface area contributed by atoms with E-state index in [9.17, 15) is 4.79 Å². The molecule has 0 radical (unpaired) electrons. The standard InChI is InChI=1S/C33H44O2/c1-4-7-9-10-11-12-13-17-23-35-28-21-22-30-27(24-28)25-31(32(34)20-8-5-2)33(29(30)6-3)26-18-15-14-16-19-26/h14-16,18-19,21-22,24-25H,4-13,17,20,23H2,1-3H3. The minimum absolute atomic E-state index is 0.243. The van der Waals surface area contributed by atoms with E-state index < -0.39 is 0 Å². The molecule has 0 aliphatic carbocycles. The number of ketones is 1. The van der Waals surface area contributed by atoms with Crippen LogP contribution in [0.2, 0.25) is 0 Å². The predicted octanol–water partition coefficient (Wildman–Crippen LogP) is 9.96. The van der Waals surface area contributed by atoms with Gasteiger partial charge in [-0.05, 0) is 64.9 Å². The normalized spacial score (nSPS) is 11.2. The van der Waals surface area contributed by atoms with Gasteiger partial charge in [-0.15, -0.1) is 0 Å². The van der Waals surface area contributed by atoms with Crippen molar-refractivity contribution in [1.29, 1.82) is 0 Å². The smallest absolute Gasteiger partial charge is 0.163 e. The van der Waals surface area contributed by atoms with E-state index in [0.717, 1.165) is 60.1 Å². The maximum absolute atomic E-state index is 13.3. The Morgan fingerprint density at radius 2 is 1.43 bits per heavy atom. The van der Waals surface area contributed by atoms with E-state index in [4.69, 9.17) is 4.74 Å². The van der Waals surface area contributed by atoms with Gasteiger partial charge in [0.05, 0.1) is 6.61 Å². The maximum Gasteiger partial charge on any atom is 0.163 e. The molecule has 0 saturated carbocycles. The molecule has 0 N–H and O–H groups in total. The van der Waals surface area contributed by atoms with Crippen molar-refractivity contribution < 1.29 is 9.53 Å². The van der Waals surface area contributed by atoms with Crippen molar-refractivity contribution in [3.63, 3.8) is 0 Å². The number of carbonyl (C=O) groups excluding carboxylic acids is 1. The van der Waals surface area contributed by atoms with Crippen LogP contribution in [0.3, 0.4) is 0 Å². The lowest BCUT2D eigenvalue weighted by molar-refractivity contribution is 0.0980. The Kier molecular flexibility index (Phi) is 11.3. The first-order valence-corrected chi connectivity index (χ1v) is 14.0. The number of fused-ring (bicyclic) bond motifs is 1. The summed E-state index contributed by atoms with van der Waals surface area (Å²) in [6, 6.07) is 18.9. The number of unbranched alkanes of at least 4 members (excludes halogenated alkanes) is 8. The first-order chi connectivity index (χ1) is 17.2.